The van der Waals surface area contributed by atoms with Crippen molar-refractivity contribution in [1.82, 2.24) is 10.3 Å². The van der Waals surface area contributed by atoms with E-state index in [0.29, 0.717) is 29.1 Å². The summed E-state index contributed by atoms with van der Waals surface area (Å²) >= 11 is 1.37. The van der Waals surface area contributed by atoms with Crippen molar-refractivity contribution in [2.45, 2.75) is 29.9 Å². The van der Waals surface area contributed by atoms with Crippen molar-refractivity contribution < 1.29 is 19.1 Å². The Kier molecular flexibility index (Phi) is 12.1. The van der Waals surface area contributed by atoms with Crippen LogP contribution >= 0.6 is 11.8 Å². The number of nitrogens with one attached hydrogen (secondary N) is 3. The Hall–Kier alpha value is -5.67. The number of amides is 3. The summed E-state index contributed by atoms with van der Waals surface area (Å²) in [7, 11) is 0. The number of benzene rings is 4. The van der Waals surface area contributed by atoms with Crippen LogP contribution in [0.3, 0.4) is 0 Å². The van der Waals surface area contributed by atoms with Gasteiger partial charge < -0.3 is 20.7 Å². The van der Waals surface area contributed by atoms with E-state index in [0.717, 1.165) is 29.1 Å². The largest absolute Gasteiger partial charge is 0.494 e. The zero-order valence-electron chi connectivity index (χ0n) is 26.5. The van der Waals surface area contributed by atoms with E-state index in [1.807, 2.05) is 72.8 Å². The Labute approximate surface area is 284 Å². The Bertz CT molecular complexity index is 1830. The van der Waals surface area contributed by atoms with Gasteiger partial charge in [0.15, 0.2) is 0 Å². The van der Waals surface area contributed by atoms with Gasteiger partial charge in [0.2, 0.25) is 5.91 Å². The van der Waals surface area contributed by atoms with E-state index in [-0.39, 0.29) is 11.6 Å². The van der Waals surface area contributed by atoms with Crippen molar-refractivity contribution in [2.24, 2.45) is 0 Å². The van der Waals surface area contributed by atoms with Gasteiger partial charge >= 0.3 is 0 Å². The third-order valence-electron chi connectivity index (χ3n) is 7.10. The van der Waals surface area contributed by atoms with Gasteiger partial charge in [0.1, 0.15) is 16.7 Å². The first-order valence-corrected chi connectivity index (χ1v) is 16.5. The fourth-order valence-corrected chi connectivity index (χ4v) is 5.71. The van der Waals surface area contributed by atoms with Gasteiger partial charge in [0, 0.05) is 34.2 Å². The molecule has 48 heavy (non-hydrogen) atoms. The lowest BCUT2D eigenvalue weighted by Crippen LogP contribution is -2.30. The smallest absolute Gasteiger partial charge is 0.272 e. The summed E-state index contributed by atoms with van der Waals surface area (Å²) in [5.41, 5.74) is 3.12. The molecule has 0 aliphatic rings. The molecule has 5 aromatic rings. The maximum Gasteiger partial charge on any atom is 0.272 e. The number of hydrogen-bond donors (Lipinski definition) is 3. The van der Waals surface area contributed by atoms with Crippen LogP contribution in [0.2, 0.25) is 0 Å². The highest BCUT2D eigenvalue weighted by Gasteiger charge is 2.23. The van der Waals surface area contributed by atoms with Gasteiger partial charge in [-0.25, -0.2) is 0 Å². The number of rotatable bonds is 14. The maximum atomic E-state index is 13.7. The molecule has 0 spiro atoms. The Morgan fingerprint density at radius 2 is 1.56 bits per heavy atom. The standard InChI is InChI=1S/C39H36N4O4S/c1-2-3-24-47-33-21-19-31(20-22-33)41-39(46)36(29-13-6-4-7-14-29)48-34-18-10-17-32(26-34)42-38(45)35(25-28-12-11-23-40-27-28)43-37(44)30-15-8-5-9-16-30/h4-23,25-27,36H,2-3,24H2,1H3,(H,41,46)(H,42,45)(H,43,44)/b35-25-. The first-order chi connectivity index (χ1) is 23.5. The minimum atomic E-state index is -0.580. The number of anilines is 2. The van der Waals surface area contributed by atoms with Gasteiger partial charge in [-0.2, -0.15) is 0 Å². The molecule has 1 atom stereocenters. The number of pyridine rings is 1. The third-order valence-corrected chi connectivity index (χ3v) is 8.35. The van der Waals surface area contributed by atoms with Gasteiger partial charge in [-0.05, 0) is 84.3 Å². The molecule has 8 nitrogen and oxygen atoms in total. The van der Waals surface area contributed by atoms with Crippen molar-refractivity contribution in [3.05, 3.63) is 156 Å². The van der Waals surface area contributed by atoms with Crippen molar-refractivity contribution in [3.63, 3.8) is 0 Å². The zero-order chi connectivity index (χ0) is 33.6. The molecule has 242 valence electrons. The lowest BCUT2D eigenvalue weighted by Gasteiger charge is -2.18. The second-order valence-electron chi connectivity index (χ2n) is 10.8. The fourth-order valence-electron chi connectivity index (χ4n) is 4.63. The van der Waals surface area contributed by atoms with Crippen LogP contribution in [0.1, 0.15) is 46.5 Å². The molecule has 4 aromatic carbocycles. The average molecular weight is 657 g/mol. The SMILES string of the molecule is CCCCOc1ccc(NC(=O)C(Sc2cccc(NC(=O)/C(=C/c3cccnc3)NC(=O)c3ccccc3)c2)c2ccccc2)cc1. The first kappa shape index (κ1) is 33.7. The van der Waals surface area contributed by atoms with Gasteiger partial charge in [0.25, 0.3) is 11.8 Å². The molecule has 0 radical (unpaired) electrons. The van der Waals surface area contributed by atoms with Crippen LogP contribution < -0.4 is 20.7 Å². The monoisotopic (exact) mass is 656 g/mol. The van der Waals surface area contributed by atoms with Crippen LogP contribution in [0.25, 0.3) is 6.08 Å². The molecule has 0 bridgehead atoms. The van der Waals surface area contributed by atoms with Crippen LogP contribution in [-0.2, 0) is 9.59 Å². The van der Waals surface area contributed by atoms with Crippen LogP contribution in [0.4, 0.5) is 11.4 Å². The van der Waals surface area contributed by atoms with Gasteiger partial charge in [0.05, 0.1) is 6.61 Å². The minimum absolute atomic E-state index is 0.0539. The van der Waals surface area contributed by atoms with Crippen LogP contribution in [0, 0.1) is 0 Å². The molecule has 1 aromatic heterocycles. The summed E-state index contributed by atoms with van der Waals surface area (Å²) < 4.78 is 5.75. The summed E-state index contributed by atoms with van der Waals surface area (Å²) in [5.74, 6) is -0.358. The second-order valence-corrected chi connectivity index (χ2v) is 11.9. The molecular weight excluding hydrogens is 621 g/mol. The molecule has 0 aliphatic carbocycles. The predicted octanol–water partition coefficient (Wildman–Crippen LogP) is 8.14. The molecule has 0 saturated carbocycles. The van der Waals surface area contributed by atoms with Gasteiger partial charge in [-0.1, -0.05) is 74.0 Å². The lowest BCUT2D eigenvalue weighted by atomic mass is 10.1. The first-order valence-electron chi connectivity index (χ1n) is 15.6. The summed E-state index contributed by atoms with van der Waals surface area (Å²) in [6.45, 7) is 2.77. The third kappa shape index (κ3) is 9.91. The molecule has 5 rings (SSSR count). The highest BCUT2D eigenvalue weighted by atomic mass is 32.2. The normalized spacial score (nSPS) is 11.6. The van der Waals surface area contributed by atoms with E-state index in [9.17, 15) is 14.4 Å². The number of unbranched alkanes of at least 4 members (excludes halogenated alkanes) is 1. The van der Waals surface area contributed by atoms with E-state index in [1.165, 1.54) is 11.8 Å². The number of thioether (sulfide) groups is 1. The van der Waals surface area contributed by atoms with Crippen LogP contribution in [0.15, 0.2) is 144 Å². The summed E-state index contributed by atoms with van der Waals surface area (Å²) in [5, 5.41) is 8.09. The summed E-state index contributed by atoms with van der Waals surface area (Å²) in [6, 6.07) is 36.3. The van der Waals surface area contributed by atoms with E-state index in [1.54, 1.807) is 67.0 Å². The average Bonchev–Trinajstić information content (AvgIpc) is 3.12. The minimum Gasteiger partial charge on any atom is -0.494 e. The topological polar surface area (TPSA) is 109 Å². The van der Waals surface area contributed by atoms with Gasteiger partial charge in [-0.15, -0.1) is 11.8 Å². The number of aromatic nitrogens is 1. The molecule has 0 aliphatic heterocycles. The summed E-state index contributed by atoms with van der Waals surface area (Å²) in [4.78, 5) is 45.1. The quantitative estimate of drug-likeness (QED) is 0.0633. The number of hydrogen-bond acceptors (Lipinski definition) is 6. The fraction of sp³-hybridized carbons (Fsp3) is 0.128. The van der Waals surface area contributed by atoms with Crippen LogP contribution in [0.5, 0.6) is 5.75 Å². The highest BCUT2D eigenvalue weighted by Crippen LogP contribution is 2.37. The predicted molar refractivity (Wildman–Crippen MR) is 192 cm³/mol. The van der Waals surface area contributed by atoms with Gasteiger partial charge in [-0.3, -0.25) is 19.4 Å². The number of carbonyl (C=O) groups excluding carboxylic acids is 3. The van der Waals surface area contributed by atoms with E-state index >= 15 is 0 Å². The molecule has 0 fully saturated rings. The maximum absolute atomic E-state index is 13.7. The molecule has 1 heterocycles. The number of nitrogens with zero attached hydrogens (tertiary/aromatic N) is 1. The molecule has 0 saturated heterocycles. The number of ether oxygens (including phenoxy) is 1. The van der Waals surface area contributed by atoms with E-state index in [2.05, 4.69) is 27.9 Å². The molecule has 9 heteroatoms. The second kappa shape index (κ2) is 17.3. The lowest BCUT2D eigenvalue weighted by molar-refractivity contribution is -0.116. The van der Waals surface area contributed by atoms with Crippen molar-refractivity contribution >= 4 is 46.9 Å². The Morgan fingerprint density at radius 3 is 2.27 bits per heavy atom. The summed E-state index contributed by atoms with van der Waals surface area (Å²) in [6.07, 6.45) is 6.84. The van der Waals surface area contributed by atoms with E-state index < -0.39 is 17.1 Å². The zero-order valence-corrected chi connectivity index (χ0v) is 27.3. The van der Waals surface area contributed by atoms with Crippen molar-refractivity contribution in [1.29, 1.82) is 0 Å². The van der Waals surface area contributed by atoms with Crippen molar-refractivity contribution in [2.75, 3.05) is 17.2 Å². The Morgan fingerprint density at radius 1 is 0.812 bits per heavy atom. The number of carbonyl (C=O) groups is 3. The molecular formula is C39H36N4O4S. The van der Waals surface area contributed by atoms with E-state index in [4.69, 9.17) is 4.74 Å². The molecule has 3 N–H and O–H groups in total. The molecule has 3 amide bonds. The Balaban J connectivity index is 1.32. The van der Waals surface area contributed by atoms with Crippen LogP contribution in [-0.4, -0.2) is 29.3 Å². The molecule has 1 unspecified atom stereocenters. The highest BCUT2D eigenvalue weighted by molar-refractivity contribution is 8.00. The van der Waals surface area contributed by atoms with Crippen molar-refractivity contribution in [3.8, 4) is 5.75 Å².